The highest BCUT2D eigenvalue weighted by Gasteiger charge is 2.30. The minimum atomic E-state index is -0.522. The molecular weight excluding hydrogens is 502 g/mol. The lowest BCUT2D eigenvalue weighted by atomic mass is 10.0. The van der Waals surface area contributed by atoms with Gasteiger partial charge in [0, 0.05) is 29.6 Å². The van der Waals surface area contributed by atoms with Gasteiger partial charge in [0.05, 0.1) is 37.1 Å². The highest BCUT2D eigenvalue weighted by atomic mass is 79.9. The average Bonchev–Trinajstić information content (AvgIpc) is 2.79. The van der Waals surface area contributed by atoms with Gasteiger partial charge in [-0.3, -0.25) is 4.79 Å². The number of hydrogen-bond donors (Lipinski definition) is 2. The molecule has 2 aromatic carbocycles. The Morgan fingerprint density at radius 1 is 1.06 bits per heavy atom. The second kappa shape index (κ2) is 10.2. The van der Waals surface area contributed by atoms with Crippen LogP contribution in [0.25, 0.3) is 0 Å². The zero-order chi connectivity index (χ0) is 25.0. The van der Waals surface area contributed by atoms with Gasteiger partial charge < -0.3 is 30.2 Å². The lowest BCUT2D eigenvalue weighted by Gasteiger charge is -2.38. The summed E-state index contributed by atoms with van der Waals surface area (Å²) in [5.74, 6) is 1.84. The van der Waals surface area contributed by atoms with Crippen LogP contribution in [-0.4, -0.2) is 42.7 Å². The summed E-state index contributed by atoms with van der Waals surface area (Å²) in [6.45, 7) is 6.06. The van der Waals surface area contributed by atoms with Crippen molar-refractivity contribution in [2.75, 3.05) is 31.5 Å². The molecule has 1 amide bonds. The predicted octanol–water partition coefficient (Wildman–Crippen LogP) is 5.04. The molecular formula is C24H28BrN5O4. The van der Waals surface area contributed by atoms with Gasteiger partial charge in [0.15, 0.2) is 17.3 Å². The monoisotopic (exact) mass is 529 g/mol. The summed E-state index contributed by atoms with van der Waals surface area (Å²) >= 11 is 3.57. The number of ether oxygens (including phenoxy) is 3. The number of carbonyl (C=O) groups excluding carboxylic acids is 1. The van der Waals surface area contributed by atoms with Crippen LogP contribution in [0.2, 0.25) is 0 Å². The molecule has 10 heteroatoms. The van der Waals surface area contributed by atoms with E-state index in [9.17, 15) is 4.79 Å². The maximum Gasteiger partial charge on any atom is 0.250 e. The van der Waals surface area contributed by atoms with Crippen molar-refractivity contribution < 1.29 is 19.0 Å². The Bertz CT molecular complexity index is 1170. The average molecular weight is 530 g/mol. The van der Waals surface area contributed by atoms with Gasteiger partial charge in [-0.1, -0.05) is 12.1 Å². The molecule has 3 rings (SSSR count). The van der Waals surface area contributed by atoms with Gasteiger partial charge in [0.25, 0.3) is 5.91 Å². The van der Waals surface area contributed by atoms with Crippen LogP contribution in [0.5, 0.6) is 17.2 Å². The molecule has 9 nitrogen and oxygen atoms in total. The number of primary amides is 1. The first-order valence-corrected chi connectivity index (χ1v) is 11.2. The third-order valence-electron chi connectivity index (χ3n) is 4.94. The van der Waals surface area contributed by atoms with Gasteiger partial charge in [-0.15, -0.1) is 0 Å². The van der Waals surface area contributed by atoms with Gasteiger partial charge in [-0.2, -0.15) is 4.98 Å². The maximum absolute atomic E-state index is 12.2. The van der Waals surface area contributed by atoms with Gasteiger partial charge in [-0.05, 0) is 48.8 Å². The standard InChI is InChI=1S/C24H28BrN5O4/c1-24(2,3)30(17-10-8-7-9-15(17)21(26)31)22-16(25)13-27-23(29-22)28-14-11-18(32-4)20(34-6)19(12-14)33-5/h7-13H,1-6H3,(H2,26,31)(H,27,28,29). The zero-order valence-electron chi connectivity index (χ0n) is 20.0. The van der Waals surface area contributed by atoms with Crippen LogP contribution < -0.4 is 30.2 Å². The first-order chi connectivity index (χ1) is 16.1. The van der Waals surface area contributed by atoms with Gasteiger partial charge in [0.2, 0.25) is 11.7 Å². The van der Waals surface area contributed by atoms with Gasteiger partial charge >= 0.3 is 0 Å². The molecule has 3 N–H and O–H groups in total. The highest BCUT2D eigenvalue weighted by Crippen LogP contribution is 2.41. The fraction of sp³-hybridized carbons (Fsp3) is 0.292. The van der Waals surface area contributed by atoms with Crippen LogP contribution in [0, 0.1) is 0 Å². The number of carbonyl (C=O) groups is 1. The number of nitrogens with zero attached hydrogens (tertiary/aromatic N) is 3. The zero-order valence-corrected chi connectivity index (χ0v) is 21.6. The number of nitrogens with two attached hydrogens (primary N) is 1. The van der Waals surface area contributed by atoms with Crippen molar-refractivity contribution in [2.45, 2.75) is 26.3 Å². The second-order valence-corrected chi connectivity index (χ2v) is 9.15. The molecule has 0 fully saturated rings. The first-order valence-electron chi connectivity index (χ1n) is 10.4. The molecule has 0 spiro atoms. The van der Waals surface area contributed by atoms with Crippen molar-refractivity contribution in [3.05, 3.63) is 52.6 Å². The van der Waals surface area contributed by atoms with E-state index in [0.717, 1.165) is 0 Å². The Labute approximate surface area is 207 Å². The summed E-state index contributed by atoms with van der Waals surface area (Å²) < 4.78 is 16.9. The van der Waals surface area contributed by atoms with Crippen LogP contribution >= 0.6 is 15.9 Å². The van der Waals surface area contributed by atoms with Crippen LogP contribution in [0.15, 0.2) is 47.1 Å². The fourth-order valence-corrected chi connectivity index (χ4v) is 3.90. The largest absolute Gasteiger partial charge is 0.493 e. The molecule has 0 aliphatic rings. The van der Waals surface area contributed by atoms with E-state index in [1.165, 1.54) is 0 Å². The second-order valence-electron chi connectivity index (χ2n) is 8.29. The minimum Gasteiger partial charge on any atom is -0.493 e. The molecule has 1 heterocycles. The fourth-order valence-electron chi connectivity index (χ4n) is 3.53. The molecule has 0 bridgehead atoms. The topological polar surface area (TPSA) is 112 Å². The van der Waals surface area contributed by atoms with Crippen molar-refractivity contribution in [1.29, 1.82) is 0 Å². The van der Waals surface area contributed by atoms with Crippen molar-refractivity contribution in [3.63, 3.8) is 0 Å². The third kappa shape index (κ3) is 5.17. The molecule has 0 aliphatic carbocycles. The molecule has 180 valence electrons. The summed E-state index contributed by atoms with van der Waals surface area (Å²) in [7, 11) is 4.64. The number of amides is 1. The van der Waals surface area contributed by atoms with Crippen LogP contribution in [0.4, 0.5) is 23.1 Å². The number of aromatic nitrogens is 2. The number of rotatable bonds is 8. The lowest BCUT2D eigenvalue weighted by Crippen LogP contribution is -2.39. The number of halogens is 1. The molecule has 0 saturated carbocycles. The molecule has 0 saturated heterocycles. The Balaban J connectivity index is 2.11. The third-order valence-corrected chi connectivity index (χ3v) is 5.50. The SMILES string of the molecule is COc1cc(Nc2ncc(Br)c(N(c3ccccc3C(N)=O)C(C)(C)C)n2)cc(OC)c1OC. The summed E-state index contributed by atoms with van der Waals surface area (Å²) in [5.41, 5.74) is 6.89. The van der Waals surface area contributed by atoms with E-state index in [1.54, 1.807) is 51.8 Å². The lowest BCUT2D eigenvalue weighted by molar-refractivity contribution is 0.100. The normalized spacial score (nSPS) is 11.0. The summed E-state index contributed by atoms with van der Waals surface area (Å²) in [6, 6.07) is 10.7. The Kier molecular flexibility index (Phi) is 7.51. The van der Waals surface area contributed by atoms with Crippen molar-refractivity contribution in [3.8, 4) is 17.2 Å². The van der Waals surface area contributed by atoms with E-state index in [1.807, 2.05) is 37.8 Å². The van der Waals surface area contributed by atoms with E-state index >= 15 is 0 Å². The van der Waals surface area contributed by atoms with E-state index < -0.39 is 11.4 Å². The van der Waals surface area contributed by atoms with Crippen molar-refractivity contribution in [1.82, 2.24) is 9.97 Å². The molecule has 0 atom stereocenters. The molecule has 0 unspecified atom stereocenters. The molecule has 34 heavy (non-hydrogen) atoms. The Hall–Kier alpha value is -3.53. The Morgan fingerprint density at radius 2 is 1.68 bits per heavy atom. The quantitative estimate of drug-likeness (QED) is 0.417. The van der Waals surface area contributed by atoms with E-state index in [4.69, 9.17) is 24.9 Å². The number of para-hydroxylation sites is 1. The number of hydrogen-bond acceptors (Lipinski definition) is 8. The molecule has 0 radical (unpaired) electrons. The summed E-state index contributed by atoms with van der Waals surface area (Å²) in [6.07, 6.45) is 1.65. The smallest absolute Gasteiger partial charge is 0.250 e. The van der Waals surface area contributed by atoms with E-state index in [-0.39, 0.29) is 0 Å². The van der Waals surface area contributed by atoms with Gasteiger partial charge in [0.1, 0.15) is 0 Å². The number of benzene rings is 2. The number of anilines is 4. The predicted molar refractivity (Wildman–Crippen MR) is 136 cm³/mol. The summed E-state index contributed by atoms with van der Waals surface area (Å²) in [5, 5.41) is 3.19. The van der Waals surface area contributed by atoms with Gasteiger partial charge in [-0.25, -0.2) is 4.98 Å². The molecule has 1 aromatic heterocycles. The minimum absolute atomic E-state index is 0.332. The van der Waals surface area contributed by atoms with Crippen LogP contribution in [0.3, 0.4) is 0 Å². The Morgan fingerprint density at radius 3 is 2.21 bits per heavy atom. The van der Waals surface area contributed by atoms with Crippen molar-refractivity contribution in [2.24, 2.45) is 5.73 Å². The molecule has 0 aliphatic heterocycles. The number of nitrogens with one attached hydrogen (secondary N) is 1. The maximum atomic E-state index is 12.2. The van der Waals surface area contributed by atoms with E-state index in [0.29, 0.717) is 50.4 Å². The van der Waals surface area contributed by atoms with Crippen LogP contribution in [0.1, 0.15) is 31.1 Å². The van der Waals surface area contributed by atoms with Crippen LogP contribution in [-0.2, 0) is 0 Å². The van der Waals surface area contributed by atoms with E-state index in [2.05, 4.69) is 26.2 Å². The summed E-state index contributed by atoms with van der Waals surface area (Å²) in [4.78, 5) is 23.3. The highest BCUT2D eigenvalue weighted by molar-refractivity contribution is 9.10. The molecule has 3 aromatic rings. The van der Waals surface area contributed by atoms with Crippen molar-refractivity contribution >= 4 is 45.0 Å². The first kappa shape index (κ1) is 25.1. The number of methoxy groups -OCH3 is 3.